The van der Waals surface area contributed by atoms with E-state index in [1.54, 1.807) is 6.92 Å². The van der Waals surface area contributed by atoms with Gasteiger partial charge >= 0.3 is 12.0 Å². The normalized spacial score (nSPS) is 24.1. The summed E-state index contributed by atoms with van der Waals surface area (Å²) in [5, 5.41) is 5.42. The van der Waals surface area contributed by atoms with Gasteiger partial charge in [0.15, 0.2) is 0 Å². The minimum absolute atomic E-state index is 0.0267. The first-order chi connectivity index (χ1) is 11.1. The number of rotatable bonds is 4. The van der Waals surface area contributed by atoms with Crippen LogP contribution in [-0.2, 0) is 14.3 Å². The molecule has 2 aliphatic rings. The van der Waals surface area contributed by atoms with Crippen molar-refractivity contribution in [1.29, 1.82) is 0 Å². The Morgan fingerprint density at radius 1 is 1.35 bits per heavy atom. The molecule has 2 atom stereocenters. The lowest BCUT2D eigenvalue weighted by atomic mass is 9.96. The molecule has 2 heterocycles. The second-order valence-corrected chi connectivity index (χ2v) is 5.71. The Labute approximate surface area is 134 Å². The van der Waals surface area contributed by atoms with Crippen LogP contribution in [0.25, 0.3) is 0 Å². The summed E-state index contributed by atoms with van der Waals surface area (Å²) >= 11 is 0. The van der Waals surface area contributed by atoms with Crippen LogP contribution in [-0.4, -0.2) is 31.3 Å². The molecule has 1 aromatic carbocycles. The van der Waals surface area contributed by atoms with E-state index < -0.39 is 12.0 Å². The van der Waals surface area contributed by atoms with E-state index in [-0.39, 0.29) is 18.7 Å². The Bertz CT molecular complexity index is 621. The molecule has 2 amide bonds. The predicted octanol–water partition coefficient (Wildman–Crippen LogP) is 2.04. The molecule has 1 aromatic rings. The molecular weight excluding hydrogens is 296 g/mol. The van der Waals surface area contributed by atoms with Gasteiger partial charge in [0.2, 0.25) is 0 Å². The molecule has 0 saturated carbocycles. The quantitative estimate of drug-likeness (QED) is 0.833. The van der Waals surface area contributed by atoms with Crippen LogP contribution < -0.4 is 10.6 Å². The SMILES string of the molecule is CC1=C(C(=O)OC[C@@H]2CCCO2)[C@H](c2ccccc2)NC(=O)N1. The highest BCUT2D eigenvalue weighted by molar-refractivity contribution is 5.95. The van der Waals surface area contributed by atoms with Crippen LogP contribution in [0.1, 0.15) is 31.4 Å². The van der Waals surface area contributed by atoms with E-state index >= 15 is 0 Å². The molecule has 0 bridgehead atoms. The third-order valence-electron chi connectivity index (χ3n) is 4.05. The van der Waals surface area contributed by atoms with E-state index in [0.29, 0.717) is 17.9 Å². The van der Waals surface area contributed by atoms with Gasteiger partial charge in [0.05, 0.1) is 17.7 Å². The summed E-state index contributed by atoms with van der Waals surface area (Å²) in [5.74, 6) is -0.431. The second-order valence-electron chi connectivity index (χ2n) is 5.71. The van der Waals surface area contributed by atoms with E-state index in [0.717, 1.165) is 18.4 Å². The molecule has 6 nitrogen and oxygen atoms in total. The Kier molecular flexibility index (Phi) is 4.62. The maximum Gasteiger partial charge on any atom is 0.338 e. The summed E-state index contributed by atoms with van der Waals surface area (Å²) < 4.78 is 10.9. The molecule has 3 rings (SSSR count). The highest BCUT2D eigenvalue weighted by Gasteiger charge is 2.32. The fourth-order valence-corrected chi connectivity index (χ4v) is 2.88. The maximum atomic E-state index is 12.5. The summed E-state index contributed by atoms with van der Waals surface area (Å²) in [6.45, 7) is 2.66. The Hall–Kier alpha value is -2.34. The largest absolute Gasteiger partial charge is 0.459 e. The number of amides is 2. The Morgan fingerprint density at radius 2 is 2.13 bits per heavy atom. The van der Waals surface area contributed by atoms with Crippen molar-refractivity contribution in [2.45, 2.75) is 31.9 Å². The minimum Gasteiger partial charge on any atom is -0.459 e. The number of nitrogens with one attached hydrogen (secondary N) is 2. The minimum atomic E-state index is -0.512. The molecule has 0 spiro atoms. The topological polar surface area (TPSA) is 76.7 Å². The molecule has 0 radical (unpaired) electrons. The number of hydrogen-bond acceptors (Lipinski definition) is 4. The van der Waals surface area contributed by atoms with E-state index in [9.17, 15) is 9.59 Å². The molecule has 6 heteroatoms. The summed E-state index contributed by atoms with van der Waals surface area (Å²) in [5.41, 5.74) is 1.78. The molecule has 2 aliphatic heterocycles. The summed E-state index contributed by atoms with van der Waals surface area (Å²) in [4.78, 5) is 24.3. The number of ether oxygens (including phenoxy) is 2. The molecule has 0 aromatic heterocycles. The van der Waals surface area contributed by atoms with Crippen molar-refractivity contribution in [1.82, 2.24) is 10.6 Å². The summed E-state index contributed by atoms with van der Waals surface area (Å²) in [6, 6.07) is 8.53. The van der Waals surface area contributed by atoms with Crippen molar-refractivity contribution in [2.24, 2.45) is 0 Å². The van der Waals surface area contributed by atoms with Crippen LogP contribution >= 0.6 is 0 Å². The van der Waals surface area contributed by atoms with Crippen molar-refractivity contribution in [3.8, 4) is 0 Å². The lowest BCUT2D eigenvalue weighted by Crippen LogP contribution is -2.45. The number of hydrogen-bond donors (Lipinski definition) is 2. The van der Waals surface area contributed by atoms with Crippen molar-refractivity contribution in [2.75, 3.05) is 13.2 Å². The fourth-order valence-electron chi connectivity index (χ4n) is 2.88. The van der Waals surface area contributed by atoms with Gasteiger partial charge in [-0.3, -0.25) is 0 Å². The zero-order valence-electron chi connectivity index (χ0n) is 13.0. The summed E-state index contributed by atoms with van der Waals surface area (Å²) in [6.07, 6.45) is 1.87. The van der Waals surface area contributed by atoms with Gasteiger partial charge in [-0.25, -0.2) is 9.59 Å². The highest BCUT2D eigenvalue weighted by Crippen LogP contribution is 2.27. The molecule has 0 aliphatic carbocycles. The molecule has 1 fully saturated rings. The number of allylic oxidation sites excluding steroid dienone is 1. The number of carbonyl (C=O) groups is 2. The van der Waals surface area contributed by atoms with Gasteiger partial charge in [0, 0.05) is 12.3 Å². The van der Waals surface area contributed by atoms with Crippen molar-refractivity contribution in [3.63, 3.8) is 0 Å². The van der Waals surface area contributed by atoms with Gasteiger partial charge in [0.1, 0.15) is 6.61 Å². The van der Waals surface area contributed by atoms with Crippen LogP contribution in [0.3, 0.4) is 0 Å². The van der Waals surface area contributed by atoms with E-state index in [1.807, 2.05) is 30.3 Å². The third-order valence-corrected chi connectivity index (χ3v) is 4.05. The molecule has 23 heavy (non-hydrogen) atoms. The maximum absolute atomic E-state index is 12.5. The predicted molar refractivity (Wildman–Crippen MR) is 83.5 cm³/mol. The molecule has 1 saturated heterocycles. The molecule has 0 unspecified atom stereocenters. The number of urea groups is 1. The number of benzene rings is 1. The van der Waals surface area contributed by atoms with Crippen molar-refractivity contribution >= 4 is 12.0 Å². The van der Waals surface area contributed by atoms with Crippen LogP contribution in [0.4, 0.5) is 4.79 Å². The van der Waals surface area contributed by atoms with Crippen molar-refractivity contribution < 1.29 is 19.1 Å². The van der Waals surface area contributed by atoms with Crippen LogP contribution in [0.15, 0.2) is 41.6 Å². The Balaban J connectivity index is 1.78. The first kappa shape index (κ1) is 15.6. The molecule has 2 N–H and O–H groups in total. The number of esters is 1. The molecule has 122 valence electrons. The lowest BCUT2D eigenvalue weighted by Gasteiger charge is -2.28. The Morgan fingerprint density at radius 3 is 2.83 bits per heavy atom. The fraction of sp³-hybridized carbons (Fsp3) is 0.412. The zero-order chi connectivity index (χ0) is 16.2. The van der Waals surface area contributed by atoms with Crippen molar-refractivity contribution in [3.05, 3.63) is 47.2 Å². The average molecular weight is 316 g/mol. The first-order valence-electron chi connectivity index (χ1n) is 7.77. The van der Waals surface area contributed by atoms with E-state index in [4.69, 9.17) is 9.47 Å². The van der Waals surface area contributed by atoms with E-state index in [1.165, 1.54) is 0 Å². The van der Waals surface area contributed by atoms with Gasteiger partial charge < -0.3 is 20.1 Å². The molecular formula is C17H20N2O4. The average Bonchev–Trinajstić information content (AvgIpc) is 3.06. The van der Waals surface area contributed by atoms with E-state index in [2.05, 4.69) is 10.6 Å². The third kappa shape index (κ3) is 3.53. The van der Waals surface area contributed by atoms with Crippen LogP contribution in [0.5, 0.6) is 0 Å². The summed E-state index contributed by atoms with van der Waals surface area (Å²) in [7, 11) is 0. The second kappa shape index (κ2) is 6.83. The van der Waals surface area contributed by atoms with Gasteiger partial charge in [-0.05, 0) is 25.3 Å². The van der Waals surface area contributed by atoms with Gasteiger partial charge in [-0.2, -0.15) is 0 Å². The van der Waals surface area contributed by atoms with Crippen LogP contribution in [0.2, 0.25) is 0 Å². The number of carbonyl (C=O) groups excluding carboxylic acids is 2. The van der Waals surface area contributed by atoms with Gasteiger partial charge in [-0.15, -0.1) is 0 Å². The van der Waals surface area contributed by atoms with Gasteiger partial charge in [-0.1, -0.05) is 30.3 Å². The standard InChI is InChI=1S/C17H20N2O4/c1-11-14(16(20)23-10-13-8-5-9-22-13)15(19-17(21)18-11)12-6-3-2-4-7-12/h2-4,6-7,13,15H,5,8-10H2,1H3,(H2,18,19,21)/t13-,15-/m0/s1. The first-order valence-corrected chi connectivity index (χ1v) is 7.77. The zero-order valence-corrected chi connectivity index (χ0v) is 13.0. The highest BCUT2D eigenvalue weighted by atomic mass is 16.6. The van der Waals surface area contributed by atoms with Crippen LogP contribution in [0, 0.1) is 0 Å². The lowest BCUT2D eigenvalue weighted by molar-refractivity contribution is -0.142. The monoisotopic (exact) mass is 316 g/mol. The van der Waals surface area contributed by atoms with Gasteiger partial charge in [0.25, 0.3) is 0 Å². The smallest absolute Gasteiger partial charge is 0.338 e.